The molecule has 0 radical (unpaired) electrons. The van der Waals surface area contributed by atoms with E-state index < -0.39 is 9.84 Å². The molecule has 0 aliphatic rings. The van der Waals surface area contributed by atoms with Gasteiger partial charge in [0.05, 0.1) is 28.8 Å². The molecule has 0 saturated carbocycles. The summed E-state index contributed by atoms with van der Waals surface area (Å²) in [7, 11) is -3.28. The first-order valence-corrected chi connectivity index (χ1v) is 6.83. The van der Waals surface area contributed by atoms with E-state index in [1.807, 2.05) is 6.07 Å². The van der Waals surface area contributed by atoms with Crippen LogP contribution in [0.5, 0.6) is 5.75 Å². The highest BCUT2D eigenvalue weighted by molar-refractivity contribution is 7.91. The minimum Gasteiger partial charge on any atom is -0.506 e. The van der Waals surface area contributed by atoms with Crippen LogP contribution < -0.4 is 5.32 Å². The highest BCUT2D eigenvalue weighted by atomic mass is 32.2. The number of sulfone groups is 1. The molecule has 92 valence electrons. The summed E-state index contributed by atoms with van der Waals surface area (Å²) < 4.78 is 23.3. The van der Waals surface area contributed by atoms with Gasteiger partial charge in [0, 0.05) is 6.54 Å². The zero-order chi connectivity index (χ0) is 12.9. The molecule has 0 fully saturated rings. The molecule has 0 unspecified atom stereocenters. The summed E-state index contributed by atoms with van der Waals surface area (Å²) in [4.78, 5) is 0.164. The lowest BCUT2D eigenvalue weighted by Gasteiger charge is -2.09. The second-order valence-corrected chi connectivity index (χ2v) is 5.70. The number of nitrogens with zero attached hydrogens (tertiary/aromatic N) is 1. The van der Waals surface area contributed by atoms with Crippen LogP contribution in [0.3, 0.4) is 0 Å². The maximum atomic E-state index is 11.6. The van der Waals surface area contributed by atoms with Crippen molar-refractivity contribution in [2.45, 2.75) is 18.2 Å². The van der Waals surface area contributed by atoms with Gasteiger partial charge in [0.15, 0.2) is 9.84 Å². The molecular formula is C11H14N2O3S. The molecule has 0 bridgehead atoms. The average Bonchev–Trinajstić information content (AvgIpc) is 2.31. The third-order valence-corrected chi connectivity index (χ3v) is 3.99. The van der Waals surface area contributed by atoms with Gasteiger partial charge in [-0.25, -0.2) is 8.42 Å². The summed E-state index contributed by atoms with van der Waals surface area (Å²) in [5, 5.41) is 20.7. The maximum absolute atomic E-state index is 11.6. The van der Waals surface area contributed by atoms with E-state index in [4.69, 9.17) is 5.26 Å². The Labute approximate surface area is 101 Å². The van der Waals surface area contributed by atoms with Crippen molar-refractivity contribution in [2.75, 3.05) is 17.6 Å². The van der Waals surface area contributed by atoms with Crippen LogP contribution in [0.25, 0.3) is 0 Å². The number of aromatic hydroxyl groups is 1. The number of phenolic OH excluding ortho intramolecular Hbond substituents is 1. The molecule has 5 nitrogen and oxygen atoms in total. The molecular weight excluding hydrogens is 240 g/mol. The molecule has 0 spiro atoms. The van der Waals surface area contributed by atoms with Crippen LogP contribution in [0.4, 0.5) is 5.69 Å². The lowest BCUT2D eigenvalue weighted by Crippen LogP contribution is -2.06. The Kier molecular flexibility index (Phi) is 4.35. The van der Waals surface area contributed by atoms with E-state index in [-0.39, 0.29) is 22.8 Å². The van der Waals surface area contributed by atoms with Gasteiger partial charge in [-0.05, 0) is 18.2 Å². The van der Waals surface area contributed by atoms with Crippen molar-refractivity contribution in [2.24, 2.45) is 0 Å². The fourth-order valence-electron chi connectivity index (χ4n) is 1.27. The molecule has 0 saturated heterocycles. The number of hydrogen-bond donors (Lipinski definition) is 2. The normalized spacial score (nSPS) is 10.8. The third kappa shape index (κ3) is 3.36. The number of phenols is 1. The molecule has 17 heavy (non-hydrogen) atoms. The first kappa shape index (κ1) is 13.3. The van der Waals surface area contributed by atoms with Crippen LogP contribution in [-0.4, -0.2) is 25.8 Å². The second-order valence-electron chi connectivity index (χ2n) is 3.42. The van der Waals surface area contributed by atoms with Crippen LogP contribution >= 0.6 is 0 Å². The average molecular weight is 254 g/mol. The highest BCUT2D eigenvalue weighted by Crippen LogP contribution is 2.26. The zero-order valence-corrected chi connectivity index (χ0v) is 10.3. The van der Waals surface area contributed by atoms with E-state index in [0.717, 1.165) is 0 Å². The lowest BCUT2D eigenvalue weighted by molar-refractivity contribution is 0.476. The predicted octanol–water partition coefficient (Wildman–Crippen LogP) is 1.51. The Bertz CT molecular complexity index is 532. The second kappa shape index (κ2) is 5.55. The van der Waals surface area contributed by atoms with Gasteiger partial charge in [0.1, 0.15) is 5.75 Å². The maximum Gasteiger partial charge on any atom is 0.178 e. The van der Waals surface area contributed by atoms with Crippen molar-refractivity contribution < 1.29 is 13.5 Å². The minimum atomic E-state index is -3.28. The van der Waals surface area contributed by atoms with Gasteiger partial charge in [-0.15, -0.1) is 0 Å². The summed E-state index contributed by atoms with van der Waals surface area (Å²) in [6, 6.07) is 6.03. The van der Waals surface area contributed by atoms with E-state index in [1.165, 1.54) is 18.2 Å². The molecule has 0 amide bonds. The van der Waals surface area contributed by atoms with Crippen molar-refractivity contribution >= 4 is 15.5 Å². The van der Waals surface area contributed by atoms with Crippen molar-refractivity contribution in [1.29, 1.82) is 5.26 Å². The number of hydrogen-bond acceptors (Lipinski definition) is 5. The molecule has 1 aromatic rings. The van der Waals surface area contributed by atoms with Gasteiger partial charge < -0.3 is 10.4 Å². The molecule has 0 aliphatic carbocycles. The Morgan fingerprint density at radius 1 is 1.47 bits per heavy atom. The van der Waals surface area contributed by atoms with Crippen LogP contribution in [0, 0.1) is 11.3 Å². The van der Waals surface area contributed by atoms with E-state index in [2.05, 4.69) is 5.32 Å². The van der Waals surface area contributed by atoms with E-state index in [0.29, 0.717) is 12.2 Å². The Balaban J connectivity index is 2.99. The summed E-state index contributed by atoms with van der Waals surface area (Å²) in [6.45, 7) is 1.92. The molecule has 2 N–H and O–H groups in total. The van der Waals surface area contributed by atoms with E-state index in [9.17, 15) is 13.5 Å². The highest BCUT2D eigenvalue weighted by Gasteiger charge is 2.13. The van der Waals surface area contributed by atoms with E-state index >= 15 is 0 Å². The molecule has 0 aliphatic heterocycles. The minimum absolute atomic E-state index is 0.00934. The molecule has 0 aromatic heterocycles. The van der Waals surface area contributed by atoms with E-state index in [1.54, 1.807) is 6.92 Å². The van der Waals surface area contributed by atoms with Crippen molar-refractivity contribution in [3.05, 3.63) is 18.2 Å². The molecule has 1 aromatic carbocycles. The van der Waals surface area contributed by atoms with Gasteiger partial charge in [-0.1, -0.05) is 6.92 Å². The third-order valence-electron chi connectivity index (χ3n) is 2.26. The van der Waals surface area contributed by atoms with Gasteiger partial charge in [-0.3, -0.25) is 0 Å². The van der Waals surface area contributed by atoms with Crippen LogP contribution in [0.2, 0.25) is 0 Å². The Morgan fingerprint density at radius 2 is 2.18 bits per heavy atom. The van der Waals surface area contributed by atoms with Crippen molar-refractivity contribution in [3.63, 3.8) is 0 Å². The standard InChI is InChI=1S/C11H14N2O3S/c1-2-17(15,16)9-4-5-11(14)10(8-9)13-7-3-6-12/h4-5,8,13-14H,2-3,7H2,1H3. The molecule has 0 atom stereocenters. The summed E-state index contributed by atoms with van der Waals surface area (Å²) in [5.74, 6) is -0.0203. The Morgan fingerprint density at radius 3 is 2.76 bits per heavy atom. The largest absolute Gasteiger partial charge is 0.506 e. The first-order chi connectivity index (χ1) is 8.01. The predicted molar refractivity (Wildman–Crippen MR) is 64.6 cm³/mol. The van der Waals surface area contributed by atoms with Crippen LogP contribution in [0.1, 0.15) is 13.3 Å². The summed E-state index contributed by atoms with van der Waals surface area (Å²) >= 11 is 0. The fourth-order valence-corrected chi connectivity index (χ4v) is 2.18. The molecule has 0 heterocycles. The molecule has 1 rings (SSSR count). The SMILES string of the molecule is CCS(=O)(=O)c1ccc(O)c(NCCC#N)c1. The quantitative estimate of drug-likeness (QED) is 0.614. The molecule has 6 heteroatoms. The summed E-state index contributed by atoms with van der Waals surface area (Å²) in [6.07, 6.45) is 0.282. The summed E-state index contributed by atoms with van der Waals surface area (Å²) in [5.41, 5.74) is 0.328. The van der Waals surface area contributed by atoms with Gasteiger partial charge in [-0.2, -0.15) is 5.26 Å². The zero-order valence-electron chi connectivity index (χ0n) is 9.47. The van der Waals surface area contributed by atoms with Crippen LogP contribution in [0.15, 0.2) is 23.1 Å². The first-order valence-electron chi connectivity index (χ1n) is 5.18. The van der Waals surface area contributed by atoms with Gasteiger partial charge in [0.25, 0.3) is 0 Å². The number of nitriles is 1. The van der Waals surface area contributed by atoms with Crippen molar-refractivity contribution in [3.8, 4) is 11.8 Å². The lowest BCUT2D eigenvalue weighted by atomic mass is 10.3. The number of nitrogens with one attached hydrogen (secondary N) is 1. The fraction of sp³-hybridized carbons (Fsp3) is 0.364. The number of benzene rings is 1. The Hall–Kier alpha value is -1.74. The smallest absolute Gasteiger partial charge is 0.178 e. The number of rotatable bonds is 5. The number of anilines is 1. The van der Waals surface area contributed by atoms with Gasteiger partial charge in [0.2, 0.25) is 0 Å². The monoisotopic (exact) mass is 254 g/mol. The van der Waals surface area contributed by atoms with Crippen molar-refractivity contribution in [1.82, 2.24) is 0 Å². The van der Waals surface area contributed by atoms with Gasteiger partial charge >= 0.3 is 0 Å². The van der Waals surface area contributed by atoms with Crippen LogP contribution in [-0.2, 0) is 9.84 Å². The topological polar surface area (TPSA) is 90.2 Å².